The summed E-state index contributed by atoms with van der Waals surface area (Å²) in [5.74, 6) is -1.01. The standard InChI is InChI=1S/C26H25NO4S/c1-2-18-31-25(30)27-23(24(28)29)19-32-26(20-12-6-3-7-13-20,21-14-8-4-9-15-21)22-16-10-5-11-17-22/h2-17,23H,1,18-19H2,(H,27,30)(H,28,29)/t23-/m0/s1. The second kappa shape index (κ2) is 11.2. The molecule has 0 aliphatic carbocycles. The van der Waals surface area contributed by atoms with Crippen molar-refractivity contribution >= 4 is 23.8 Å². The largest absolute Gasteiger partial charge is 0.480 e. The molecular formula is C26H25NO4S. The van der Waals surface area contributed by atoms with Crippen LogP contribution in [-0.2, 0) is 14.3 Å². The van der Waals surface area contributed by atoms with Crippen LogP contribution in [0.5, 0.6) is 0 Å². The molecule has 6 heteroatoms. The fraction of sp³-hybridized carbons (Fsp3) is 0.154. The first-order valence-electron chi connectivity index (χ1n) is 10.2. The van der Waals surface area contributed by atoms with E-state index < -0.39 is 22.9 Å². The van der Waals surface area contributed by atoms with Gasteiger partial charge in [0, 0.05) is 5.75 Å². The highest BCUT2D eigenvalue weighted by Gasteiger charge is 2.38. The lowest BCUT2D eigenvalue weighted by Gasteiger charge is -2.36. The minimum Gasteiger partial charge on any atom is -0.480 e. The molecule has 32 heavy (non-hydrogen) atoms. The first kappa shape index (κ1) is 23.2. The van der Waals surface area contributed by atoms with Crippen molar-refractivity contribution in [3.8, 4) is 0 Å². The average Bonchev–Trinajstić information content (AvgIpc) is 2.84. The van der Waals surface area contributed by atoms with E-state index in [1.165, 1.54) is 17.8 Å². The van der Waals surface area contributed by atoms with Gasteiger partial charge < -0.3 is 15.2 Å². The molecule has 0 aliphatic rings. The van der Waals surface area contributed by atoms with Gasteiger partial charge in [-0.3, -0.25) is 0 Å². The van der Waals surface area contributed by atoms with Crippen molar-refractivity contribution in [3.05, 3.63) is 120 Å². The molecule has 164 valence electrons. The summed E-state index contributed by atoms with van der Waals surface area (Å²) in [6.07, 6.45) is 0.637. The summed E-state index contributed by atoms with van der Waals surface area (Å²) in [5, 5.41) is 12.2. The molecule has 3 rings (SSSR count). The highest BCUT2D eigenvalue weighted by molar-refractivity contribution is 8.00. The number of carbonyl (C=O) groups excluding carboxylic acids is 1. The lowest BCUT2D eigenvalue weighted by molar-refractivity contribution is -0.138. The van der Waals surface area contributed by atoms with Crippen LogP contribution in [0.3, 0.4) is 0 Å². The van der Waals surface area contributed by atoms with E-state index in [0.717, 1.165) is 16.7 Å². The molecule has 1 amide bonds. The fourth-order valence-corrected chi connectivity index (χ4v) is 5.02. The smallest absolute Gasteiger partial charge is 0.408 e. The van der Waals surface area contributed by atoms with Gasteiger partial charge in [0.1, 0.15) is 12.6 Å². The van der Waals surface area contributed by atoms with E-state index >= 15 is 0 Å². The van der Waals surface area contributed by atoms with E-state index in [4.69, 9.17) is 4.74 Å². The summed E-state index contributed by atoms with van der Waals surface area (Å²) in [4.78, 5) is 23.9. The maximum atomic E-state index is 12.0. The predicted octanol–water partition coefficient (Wildman–Crippen LogP) is 5.08. The zero-order valence-corrected chi connectivity index (χ0v) is 18.3. The van der Waals surface area contributed by atoms with E-state index in [2.05, 4.69) is 11.9 Å². The normalized spacial score (nSPS) is 11.9. The van der Waals surface area contributed by atoms with Gasteiger partial charge in [0.05, 0.1) is 4.75 Å². The van der Waals surface area contributed by atoms with Crippen molar-refractivity contribution in [2.75, 3.05) is 12.4 Å². The van der Waals surface area contributed by atoms with Crippen molar-refractivity contribution < 1.29 is 19.4 Å². The Kier molecular flexibility index (Phi) is 8.11. The molecular weight excluding hydrogens is 422 g/mol. The minimum absolute atomic E-state index is 0.00724. The van der Waals surface area contributed by atoms with Gasteiger partial charge in [0.15, 0.2) is 0 Å². The third kappa shape index (κ3) is 5.39. The monoisotopic (exact) mass is 447 g/mol. The second-order valence-corrected chi connectivity index (χ2v) is 8.25. The first-order valence-corrected chi connectivity index (χ1v) is 11.1. The Morgan fingerprint density at radius 3 is 1.72 bits per heavy atom. The van der Waals surface area contributed by atoms with E-state index in [0.29, 0.717) is 0 Å². The summed E-state index contributed by atoms with van der Waals surface area (Å²) in [6.45, 7) is 3.50. The summed E-state index contributed by atoms with van der Waals surface area (Å²) < 4.78 is 4.24. The van der Waals surface area contributed by atoms with Crippen molar-refractivity contribution in [2.45, 2.75) is 10.8 Å². The van der Waals surface area contributed by atoms with Crippen LogP contribution in [0.25, 0.3) is 0 Å². The molecule has 0 unspecified atom stereocenters. The van der Waals surface area contributed by atoms with Crippen LogP contribution in [0.1, 0.15) is 16.7 Å². The number of aliphatic carboxylic acids is 1. The third-order valence-electron chi connectivity index (χ3n) is 4.93. The molecule has 3 aromatic rings. The number of carboxylic acids is 1. The highest BCUT2D eigenvalue weighted by Crippen LogP contribution is 2.48. The molecule has 0 aliphatic heterocycles. The second-order valence-electron chi connectivity index (χ2n) is 7.01. The average molecular weight is 448 g/mol. The number of amides is 1. The first-order chi connectivity index (χ1) is 15.6. The van der Waals surface area contributed by atoms with Crippen LogP contribution in [0.2, 0.25) is 0 Å². The van der Waals surface area contributed by atoms with Crippen molar-refractivity contribution in [2.24, 2.45) is 0 Å². The van der Waals surface area contributed by atoms with Crippen LogP contribution in [-0.4, -0.2) is 35.6 Å². The minimum atomic E-state index is -1.13. The number of hydrogen-bond donors (Lipinski definition) is 2. The molecule has 0 bridgehead atoms. The molecule has 0 saturated heterocycles. The van der Waals surface area contributed by atoms with E-state index in [1.54, 1.807) is 0 Å². The van der Waals surface area contributed by atoms with Crippen molar-refractivity contribution in [1.82, 2.24) is 5.32 Å². The number of alkyl carbamates (subject to hydrolysis) is 1. The third-order valence-corrected chi connectivity index (χ3v) is 6.57. The summed E-state index contributed by atoms with van der Waals surface area (Å²) in [6, 6.07) is 28.7. The Balaban J connectivity index is 2.03. The van der Waals surface area contributed by atoms with Gasteiger partial charge in [0.25, 0.3) is 0 Å². The van der Waals surface area contributed by atoms with Crippen molar-refractivity contribution in [1.29, 1.82) is 0 Å². The van der Waals surface area contributed by atoms with Gasteiger partial charge in [-0.05, 0) is 16.7 Å². The van der Waals surface area contributed by atoms with Crippen LogP contribution < -0.4 is 5.32 Å². The topological polar surface area (TPSA) is 75.6 Å². The van der Waals surface area contributed by atoms with Crippen LogP contribution in [0.15, 0.2) is 104 Å². The number of rotatable bonds is 10. The molecule has 0 radical (unpaired) electrons. The maximum absolute atomic E-state index is 12.0. The Hall–Kier alpha value is -3.51. The summed E-state index contributed by atoms with van der Waals surface area (Å²) in [7, 11) is 0. The fourth-order valence-electron chi connectivity index (χ4n) is 3.47. The van der Waals surface area contributed by atoms with Gasteiger partial charge in [-0.25, -0.2) is 9.59 Å². The van der Waals surface area contributed by atoms with Gasteiger partial charge in [-0.15, -0.1) is 11.8 Å². The molecule has 3 aromatic carbocycles. The molecule has 0 aromatic heterocycles. The molecule has 0 spiro atoms. The Morgan fingerprint density at radius 2 is 1.34 bits per heavy atom. The van der Waals surface area contributed by atoms with Crippen LogP contribution in [0.4, 0.5) is 4.79 Å². The lowest BCUT2D eigenvalue weighted by atomic mass is 9.84. The number of thioether (sulfide) groups is 1. The van der Waals surface area contributed by atoms with Crippen LogP contribution in [0, 0.1) is 0 Å². The van der Waals surface area contributed by atoms with Gasteiger partial charge in [-0.1, -0.05) is 104 Å². The predicted molar refractivity (Wildman–Crippen MR) is 128 cm³/mol. The summed E-state index contributed by atoms with van der Waals surface area (Å²) >= 11 is 1.46. The van der Waals surface area contributed by atoms with E-state index in [1.807, 2.05) is 91.0 Å². The molecule has 2 N–H and O–H groups in total. The Labute approximate surface area is 192 Å². The van der Waals surface area contributed by atoms with E-state index in [-0.39, 0.29) is 12.4 Å². The lowest BCUT2D eigenvalue weighted by Crippen LogP contribution is -2.44. The zero-order chi connectivity index (χ0) is 22.8. The number of benzene rings is 3. The molecule has 0 saturated carbocycles. The van der Waals surface area contributed by atoms with E-state index in [9.17, 15) is 14.7 Å². The molecule has 1 atom stereocenters. The van der Waals surface area contributed by atoms with Gasteiger partial charge >= 0.3 is 12.1 Å². The zero-order valence-electron chi connectivity index (χ0n) is 17.5. The number of carbonyl (C=O) groups is 2. The number of nitrogens with one attached hydrogen (secondary N) is 1. The molecule has 0 heterocycles. The number of ether oxygens (including phenoxy) is 1. The molecule has 5 nitrogen and oxygen atoms in total. The maximum Gasteiger partial charge on any atom is 0.408 e. The highest BCUT2D eigenvalue weighted by atomic mass is 32.2. The van der Waals surface area contributed by atoms with Crippen LogP contribution >= 0.6 is 11.8 Å². The van der Waals surface area contributed by atoms with Gasteiger partial charge in [0.2, 0.25) is 0 Å². The Morgan fingerprint density at radius 1 is 0.906 bits per heavy atom. The van der Waals surface area contributed by atoms with Gasteiger partial charge in [-0.2, -0.15) is 0 Å². The SMILES string of the molecule is C=CCOC(=O)N[C@@H](CSC(c1ccccc1)(c1ccccc1)c1ccccc1)C(=O)O. The number of carboxylic acid groups (broad SMARTS) is 1. The summed E-state index contributed by atoms with van der Waals surface area (Å²) in [5.41, 5.74) is 3.04. The molecule has 0 fully saturated rings. The quantitative estimate of drug-likeness (QED) is 0.335. The number of hydrogen-bond acceptors (Lipinski definition) is 4. The Bertz CT molecular complexity index is 929. The van der Waals surface area contributed by atoms with Crippen molar-refractivity contribution in [3.63, 3.8) is 0 Å².